The molecular weight excluding hydrogens is 176 g/mol. The summed E-state index contributed by atoms with van der Waals surface area (Å²) in [6, 6.07) is 5.57. The van der Waals surface area contributed by atoms with Gasteiger partial charge in [0.25, 0.3) is 0 Å². The summed E-state index contributed by atoms with van der Waals surface area (Å²) in [6.07, 6.45) is 1.89. The van der Waals surface area contributed by atoms with Crippen LogP contribution < -0.4 is 0 Å². The molecule has 0 saturated carbocycles. The molecule has 2 heteroatoms. The number of phenols is 1. The van der Waals surface area contributed by atoms with Gasteiger partial charge in [0.2, 0.25) is 0 Å². The molecule has 0 radical (unpaired) electrons. The summed E-state index contributed by atoms with van der Waals surface area (Å²) in [6.45, 7) is 3.73. The first kappa shape index (κ1) is 10.8. The number of hydrogen-bond acceptors (Lipinski definition) is 2. The fourth-order valence-corrected chi connectivity index (χ4v) is 1.27. The van der Waals surface area contributed by atoms with Crippen molar-refractivity contribution >= 4 is 5.78 Å². The van der Waals surface area contributed by atoms with Crippen LogP contribution in [0.15, 0.2) is 18.2 Å². The molecule has 0 atom stereocenters. The van der Waals surface area contributed by atoms with Crippen molar-refractivity contribution < 1.29 is 9.90 Å². The lowest BCUT2D eigenvalue weighted by atomic mass is 10.0. The number of phenolic OH excluding ortho intramolecular Hbond substituents is 1. The van der Waals surface area contributed by atoms with Gasteiger partial charge in [-0.3, -0.25) is 4.79 Å². The molecule has 0 heterocycles. The van der Waals surface area contributed by atoms with Crippen molar-refractivity contribution in [2.75, 3.05) is 0 Å². The first-order chi connectivity index (χ1) is 6.63. The fourth-order valence-electron chi connectivity index (χ4n) is 1.27. The van der Waals surface area contributed by atoms with Crippen molar-refractivity contribution in [3.05, 3.63) is 29.3 Å². The molecule has 2 nitrogen and oxygen atoms in total. The third kappa shape index (κ3) is 2.87. The van der Waals surface area contributed by atoms with Gasteiger partial charge in [-0.25, -0.2) is 0 Å². The van der Waals surface area contributed by atoms with Crippen LogP contribution in [-0.2, 0) is 11.2 Å². The lowest BCUT2D eigenvalue weighted by Gasteiger charge is -2.03. The minimum atomic E-state index is 0.269. The van der Waals surface area contributed by atoms with Gasteiger partial charge in [0.15, 0.2) is 0 Å². The normalized spacial score (nSPS) is 10.1. The maximum atomic E-state index is 11.1. The van der Waals surface area contributed by atoms with E-state index in [1.54, 1.807) is 6.07 Å². The molecule has 0 amide bonds. The first-order valence-electron chi connectivity index (χ1n) is 4.93. The van der Waals surface area contributed by atoms with Gasteiger partial charge >= 0.3 is 0 Å². The molecule has 0 aliphatic carbocycles. The van der Waals surface area contributed by atoms with E-state index < -0.39 is 0 Å². The van der Waals surface area contributed by atoms with Gasteiger partial charge in [0.05, 0.1) is 0 Å². The Kier molecular flexibility index (Phi) is 3.69. The number of ketones is 1. The van der Waals surface area contributed by atoms with Crippen molar-refractivity contribution in [3.63, 3.8) is 0 Å². The lowest BCUT2D eigenvalue weighted by Crippen LogP contribution is -1.97. The zero-order valence-electron chi connectivity index (χ0n) is 8.71. The van der Waals surface area contributed by atoms with E-state index in [1.807, 2.05) is 26.0 Å². The van der Waals surface area contributed by atoms with Crippen LogP contribution in [0.3, 0.4) is 0 Å². The highest BCUT2D eigenvalue weighted by Gasteiger charge is 2.01. The summed E-state index contributed by atoms with van der Waals surface area (Å²) in [5.41, 5.74) is 1.89. The summed E-state index contributed by atoms with van der Waals surface area (Å²) in [5.74, 6) is 0.580. The zero-order chi connectivity index (χ0) is 10.6. The van der Waals surface area contributed by atoms with Crippen LogP contribution in [0.4, 0.5) is 0 Å². The highest BCUT2D eigenvalue weighted by Crippen LogP contribution is 2.18. The molecule has 0 aliphatic heterocycles. The Bertz CT molecular complexity index is 329. The van der Waals surface area contributed by atoms with Crippen LogP contribution >= 0.6 is 0 Å². The Balaban J connectivity index is 2.60. The van der Waals surface area contributed by atoms with E-state index in [4.69, 9.17) is 0 Å². The third-order valence-electron chi connectivity index (χ3n) is 2.36. The van der Waals surface area contributed by atoms with Crippen LogP contribution in [0.2, 0.25) is 0 Å². The van der Waals surface area contributed by atoms with Crippen molar-refractivity contribution in [2.45, 2.75) is 33.1 Å². The van der Waals surface area contributed by atoms with Crippen molar-refractivity contribution in [3.8, 4) is 5.75 Å². The number of Topliss-reactive ketones (excluding diaryl/α,β-unsaturated/α-hetero) is 1. The second-order valence-electron chi connectivity index (χ2n) is 3.51. The number of rotatable bonds is 4. The number of benzene rings is 1. The fraction of sp³-hybridized carbons (Fsp3) is 0.417. The second kappa shape index (κ2) is 4.80. The van der Waals surface area contributed by atoms with E-state index in [0.717, 1.165) is 17.5 Å². The quantitative estimate of drug-likeness (QED) is 0.796. The maximum Gasteiger partial charge on any atom is 0.132 e. The summed E-state index contributed by atoms with van der Waals surface area (Å²) in [5, 5.41) is 9.44. The highest BCUT2D eigenvalue weighted by atomic mass is 16.3. The van der Waals surface area contributed by atoms with Crippen LogP contribution in [-0.4, -0.2) is 10.9 Å². The molecule has 0 aliphatic rings. The summed E-state index contributed by atoms with van der Waals surface area (Å²) in [7, 11) is 0. The number of hydrogen-bond donors (Lipinski definition) is 1. The van der Waals surface area contributed by atoms with Crippen LogP contribution in [0, 0.1) is 6.92 Å². The molecule has 1 aromatic carbocycles. The van der Waals surface area contributed by atoms with Gasteiger partial charge in [-0.2, -0.15) is 0 Å². The molecule has 76 valence electrons. The topological polar surface area (TPSA) is 37.3 Å². The van der Waals surface area contributed by atoms with E-state index in [0.29, 0.717) is 18.6 Å². The Morgan fingerprint density at radius 1 is 1.43 bits per heavy atom. The molecule has 0 bridgehead atoms. The Labute approximate surface area is 84.6 Å². The largest absolute Gasteiger partial charge is 0.508 e. The minimum Gasteiger partial charge on any atom is -0.508 e. The predicted molar refractivity (Wildman–Crippen MR) is 56.5 cm³/mol. The van der Waals surface area contributed by atoms with Gasteiger partial charge < -0.3 is 5.11 Å². The highest BCUT2D eigenvalue weighted by molar-refractivity contribution is 5.78. The van der Waals surface area contributed by atoms with E-state index in [2.05, 4.69) is 0 Å². The van der Waals surface area contributed by atoms with Gasteiger partial charge in [-0.15, -0.1) is 0 Å². The van der Waals surface area contributed by atoms with Crippen LogP contribution in [0.5, 0.6) is 5.75 Å². The smallest absolute Gasteiger partial charge is 0.132 e. The van der Waals surface area contributed by atoms with E-state index >= 15 is 0 Å². The molecule has 0 spiro atoms. The Hall–Kier alpha value is -1.31. The molecular formula is C12H16O2. The Morgan fingerprint density at radius 2 is 2.14 bits per heavy atom. The molecule has 14 heavy (non-hydrogen) atoms. The first-order valence-corrected chi connectivity index (χ1v) is 4.93. The molecule has 0 fully saturated rings. The molecule has 1 rings (SSSR count). The van der Waals surface area contributed by atoms with E-state index in [-0.39, 0.29) is 5.78 Å². The maximum absolute atomic E-state index is 11.1. The molecule has 0 unspecified atom stereocenters. The number of carbonyl (C=O) groups excluding carboxylic acids is 1. The molecule has 0 saturated heterocycles. The van der Waals surface area contributed by atoms with Crippen LogP contribution in [0.25, 0.3) is 0 Å². The molecule has 1 aromatic rings. The standard InChI is InChI=1S/C12H16O2/c1-3-11(13)7-6-10-5-4-9(2)12(14)8-10/h4-5,8,14H,3,6-7H2,1-2H3. The van der Waals surface area contributed by atoms with Crippen LogP contribution in [0.1, 0.15) is 30.9 Å². The summed E-state index contributed by atoms with van der Waals surface area (Å²) < 4.78 is 0. The number of aryl methyl sites for hydroxylation is 2. The van der Waals surface area contributed by atoms with E-state index in [9.17, 15) is 9.90 Å². The van der Waals surface area contributed by atoms with Crippen molar-refractivity contribution in [1.29, 1.82) is 0 Å². The molecule has 1 N–H and O–H groups in total. The number of aromatic hydroxyl groups is 1. The zero-order valence-corrected chi connectivity index (χ0v) is 8.71. The summed E-state index contributed by atoms with van der Waals surface area (Å²) in [4.78, 5) is 11.1. The monoisotopic (exact) mass is 192 g/mol. The second-order valence-corrected chi connectivity index (χ2v) is 3.51. The number of carbonyl (C=O) groups is 1. The average molecular weight is 192 g/mol. The van der Waals surface area contributed by atoms with E-state index in [1.165, 1.54) is 0 Å². The molecule has 0 aromatic heterocycles. The van der Waals surface area contributed by atoms with Crippen molar-refractivity contribution in [2.24, 2.45) is 0 Å². The Morgan fingerprint density at radius 3 is 2.71 bits per heavy atom. The van der Waals surface area contributed by atoms with Gasteiger partial charge in [-0.1, -0.05) is 19.1 Å². The minimum absolute atomic E-state index is 0.269. The lowest BCUT2D eigenvalue weighted by molar-refractivity contribution is -0.118. The van der Waals surface area contributed by atoms with Gasteiger partial charge in [-0.05, 0) is 30.5 Å². The SMILES string of the molecule is CCC(=O)CCc1ccc(C)c(O)c1. The van der Waals surface area contributed by atoms with Gasteiger partial charge in [0.1, 0.15) is 11.5 Å². The third-order valence-corrected chi connectivity index (χ3v) is 2.36. The predicted octanol–water partition coefficient (Wildman–Crippen LogP) is 2.61. The van der Waals surface area contributed by atoms with Crippen molar-refractivity contribution in [1.82, 2.24) is 0 Å². The average Bonchev–Trinajstić information content (AvgIpc) is 2.19. The van der Waals surface area contributed by atoms with Gasteiger partial charge in [0, 0.05) is 12.8 Å². The summed E-state index contributed by atoms with van der Waals surface area (Å²) >= 11 is 0.